The minimum atomic E-state index is -5.06. The van der Waals surface area contributed by atoms with E-state index in [1.165, 1.54) is 6.07 Å². The number of phenols is 1. The van der Waals surface area contributed by atoms with Gasteiger partial charge >= 0.3 is 24.5 Å². The van der Waals surface area contributed by atoms with E-state index in [9.17, 15) is 44.3 Å². The number of phenolic OH excluding ortho intramolecular Hbond substituents is 1. The van der Waals surface area contributed by atoms with E-state index in [-0.39, 0.29) is 11.3 Å². The third kappa shape index (κ3) is 6.08. The highest BCUT2D eigenvalue weighted by Gasteiger charge is 2.48. The molecule has 1 heterocycles. The van der Waals surface area contributed by atoms with Crippen molar-refractivity contribution in [3.05, 3.63) is 64.7 Å². The van der Waals surface area contributed by atoms with E-state index >= 15 is 0 Å². The Balaban J connectivity index is 0.000000278. The smallest absolute Gasteiger partial charge is 0.430 e. The van der Waals surface area contributed by atoms with Gasteiger partial charge in [0, 0.05) is 5.56 Å². The normalized spacial score (nSPS) is 16.2. The van der Waals surface area contributed by atoms with E-state index < -0.39 is 53.1 Å². The molecule has 13 heteroatoms. The monoisotopic (exact) mass is 474 g/mol. The molecule has 2 N–H and O–H groups in total. The number of fused-ring (bicyclic) bond motifs is 1. The molecule has 0 aliphatic carbocycles. The third-order valence-corrected chi connectivity index (χ3v) is 3.90. The fraction of sp³-hybridized carbons (Fsp3) is 0.211. The molecule has 0 saturated heterocycles. The number of carboxylic acids is 1. The third-order valence-electron chi connectivity index (χ3n) is 3.90. The van der Waals surface area contributed by atoms with Gasteiger partial charge in [0.15, 0.2) is 0 Å². The summed E-state index contributed by atoms with van der Waals surface area (Å²) < 4.78 is 116. The van der Waals surface area contributed by atoms with Crippen molar-refractivity contribution < 1.29 is 59.3 Å². The van der Waals surface area contributed by atoms with Crippen molar-refractivity contribution in [2.24, 2.45) is 0 Å². The zero-order valence-corrected chi connectivity index (χ0v) is 15.3. The summed E-state index contributed by atoms with van der Waals surface area (Å²) in [6.45, 7) is 0. The molecule has 0 saturated carbocycles. The van der Waals surface area contributed by atoms with Crippen LogP contribution in [-0.2, 0) is 17.1 Å². The van der Waals surface area contributed by atoms with Crippen molar-refractivity contribution in [1.82, 2.24) is 0 Å². The molecular weight excluding hydrogens is 463 g/mol. The van der Waals surface area contributed by atoms with E-state index in [4.69, 9.17) is 10.2 Å². The zero-order chi connectivity index (χ0) is 24.5. The molecule has 0 fully saturated rings. The first-order chi connectivity index (χ1) is 14.5. The van der Waals surface area contributed by atoms with Gasteiger partial charge in [0.25, 0.3) is 0 Å². The molecule has 1 atom stereocenters. The molecule has 3 rings (SSSR count). The number of halogens is 9. The molecule has 174 valence electrons. The maximum Gasteiger partial charge on any atom is 0.430 e. The molecule has 0 amide bonds. The number of carbonyl (C=O) groups is 1. The first-order valence-electron chi connectivity index (χ1n) is 8.26. The van der Waals surface area contributed by atoms with E-state index in [0.29, 0.717) is 24.3 Å². The van der Waals surface area contributed by atoms with E-state index in [1.807, 2.05) is 0 Å². The predicted molar refractivity (Wildman–Crippen MR) is 90.6 cm³/mol. The van der Waals surface area contributed by atoms with Gasteiger partial charge in [-0.15, -0.1) is 0 Å². The number of carboxylic acid groups (broad SMARTS) is 1. The molecule has 0 bridgehead atoms. The second kappa shape index (κ2) is 8.63. The Morgan fingerprint density at radius 1 is 0.844 bits per heavy atom. The Hall–Kier alpha value is -3.38. The minimum absolute atomic E-state index is 0.166. The van der Waals surface area contributed by atoms with Crippen molar-refractivity contribution in [3.63, 3.8) is 0 Å². The van der Waals surface area contributed by atoms with Gasteiger partial charge in [-0.1, -0.05) is 12.1 Å². The summed E-state index contributed by atoms with van der Waals surface area (Å²) in [5.41, 5.74) is -3.28. The highest BCUT2D eigenvalue weighted by Crippen LogP contribution is 2.40. The van der Waals surface area contributed by atoms with Crippen LogP contribution in [0.15, 0.2) is 48.0 Å². The number of alkyl halides is 9. The van der Waals surface area contributed by atoms with Crippen LogP contribution in [0.25, 0.3) is 6.08 Å². The number of benzene rings is 2. The van der Waals surface area contributed by atoms with Crippen LogP contribution in [0.2, 0.25) is 0 Å². The van der Waals surface area contributed by atoms with Crippen LogP contribution in [0.3, 0.4) is 0 Å². The fourth-order valence-electron chi connectivity index (χ4n) is 2.46. The highest BCUT2D eigenvalue weighted by molar-refractivity contribution is 5.95. The summed E-state index contributed by atoms with van der Waals surface area (Å²) in [4.78, 5) is 10.8. The molecule has 0 radical (unpaired) electrons. The van der Waals surface area contributed by atoms with E-state index in [0.717, 1.165) is 18.2 Å². The lowest BCUT2D eigenvalue weighted by Gasteiger charge is -2.27. The van der Waals surface area contributed by atoms with Crippen molar-refractivity contribution in [1.29, 1.82) is 0 Å². The Morgan fingerprint density at radius 2 is 1.41 bits per heavy atom. The van der Waals surface area contributed by atoms with Crippen LogP contribution in [0.5, 0.6) is 11.5 Å². The van der Waals surface area contributed by atoms with Crippen molar-refractivity contribution in [3.8, 4) is 11.5 Å². The SMILES string of the molecule is O=C(O)C1=Cc2ccc(C(F)(F)F)cc2OC1C(F)(F)F.Oc1cccc(C(F)(F)F)c1. The topological polar surface area (TPSA) is 66.8 Å². The van der Waals surface area contributed by atoms with Crippen LogP contribution in [0, 0.1) is 0 Å². The molecule has 0 aromatic heterocycles. The van der Waals surface area contributed by atoms with Crippen LogP contribution in [0.4, 0.5) is 39.5 Å². The van der Waals surface area contributed by atoms with Crippen molar-refractivity contribution in [2.45, 2.75) is 24.6 Å². The van der Waals surface area contributed by atoms with E-state index in [1.54, 1.807) is 0 Å². The molecule has 2 aromatic rings. The van der Waals surface area contributed by atoms with Gasteiger partial charge in [-0.05, 0) is 36.4 Å². The Kier molecular flexibility index (Phi) is 6.71. The Morgan fingerprint density at radius 3 is 1.84 bits per heavy atom. The van der Waals surface area contributed by atoms with Crippen LogP contribution in [-0.4, -0.2) is 28.5 Å². The lowest BCUT2D eigenvalue weighted by atomic mass is 10.00. The second-order valence-corrected chi connectivity index (χ2v) is 6.24. The number of ether oxygens (including phenoxy) is 1. The summed E-state index contributed by atoms with van der Waals surface area (Å²) in [6, 6.07) is 5.82. The Labute approximate surface area is 173 Å². The summed E-state index contributed by atoms with van der Waals surface area (Å²) in [6.07, 6.45) is -16.3. The number of rotatable bonds is 1. The van der Waals surface area contributed by atoms with Gasteiger partial charge in [0.2, 0.25) is 6.10 Å². The quantitative estimate of drug-likeness (QED) is 0.505. The first-order valence-corrected chi connectivity index (χ1v) is 8.26. The van der Waals surface area contributed by atoms with Crippen molar-refractivity contribution >= 4 is 12.0 Å². The molecule has 1 aliphatic heterocycles. The summed E-state index contributed by atoms with van der Waals surface area (Å²) in [5, 5.41) is 17.4. The predicted octanol–water partition coefficient (Wildman–Crippen LogP) is 5.91. The van der Waals surface area contributed by atoms with Crippen molar-refractivity contribution in [2.75, 3.05) is 0 Å². The van der Waals surface area contributed by atoms with Gasteiger partial charge < -0.3 is 14.9 Å². The van der Waals surface area contributed by atoms with Gasteiger partial charge in [0.1, 0.15) is 11.5 Å². The lowest BCUT2D eigenvalue weighted by Crippen LogP contribution is -2.40. The number of aliphatic carboxylic acids is 1. The summed E-state index contributed by atoms with van der Waals surface area (Å²) in [5.74, 6) is -2.90. The minimum Gasteiger partial charge on any atom is -0.508 e. The van der Waals surface area contributed by atoms with Gasteiger partial charge in [-0.25, -0.2) is 4.79 Å². The molecule has 4 nitrogen and oxygen atoms in total. The maximum atomic E-state index is 12.7. The zero-order valence-electron chi connectivity index (χ0n) is 15.3. The van der Waals surface area contributed by atoms with Gasteiger partial charge in [-0.3, -0.25) is 0 Å². The fourth-order valence-corrected chi connectivity index (χ4v) is 2.46. The van der Waals surface area contributed by atoms with Gasteiger partial charge in [0.05, 0.1) is 16.7 Å². The molecule has 1 aliphatic rings. The second-order valence-electron chi connectivity index (χ2n) is 6.24. The summed E-state index contributed by atoms with van der Waals surface area (Å²) >= 11 is 0. The van der Waals surface area contributed by atoms with Crippen LogP contribution in [0.1, 0.15) is 16.7 Å². The maximum absolute atomic E-state index is 12.7. The molecule has 2 aromatic carbocycles. The first kappa shape index (κ1) is 24.9. The standard InChI is InChI=1S/C12H6F6O3.C7H5F3O/c13-11(14,15)6-2-1-5-3-7(10(19)20)9(12(16,17)18)21-8(5)4-6;8-7(9,10)5-2-1-3-6(11)4-5/h1-4,9H,(H,19,20);1-4,11H. The number of aromatic hydroxyl groups is 1. The van der Waals surface area contributed by atoms with Crippen LogP contribution < -0.4 is 4.74 Å². The average Bonchev–Trinajstić information content (AvgIpc) is 2.65. The summed E-state index contributed by atoms with van der Waals surface area (Å²) in [7, 11) is 0. The molecule has 0 spiro atoms. The number of hydrogen-bond donors (Lipinski definition) is 2. The van der Waals surface area contributed by atoms with Gasteiger partial charge in [-0.2, -0.15) is 39.5 Å². The molecular formula is C19H11F9O4. The largest absolute Gasteiger partial charge is 0.508 e. The highest BCUT2D eigenvalue weighted by atomic mass is 19.4. The van der Waals surface area contributed by atoms with E-state index in [2.05, 4.69) is 4.74 Å². The Bertz CT molecular complexity index is 1020. The van der Waals surface area contributed by atoms with Crippen LogP contribution >= 0.6 is 0 Å². The molecule has 1 unspecified atom stereocenters. The molecule has 32 heavy (non-hydrogen) atoms. The lowest BCUT2D eigenvalue weighted by molar-refractivity contribution is -0.187. The average molecular weight is 474 g/mol. The number of hydrogen-bond acceptors (Lipinski definition) is 3.